The average Bonchev–Trinajstić information content (AvgIpc) is 2.56. The molecule has 0 spiro atoms. The predicted molar refractivity (Wildman–Crippen MR) is 94.9 cm³/mol. The van der Waals surface area contributed by atoms with Gasteiger partial charge in [0.1, 0.15) is 0 Å². The number of benzene rings is 2. The Kier molecular flexibility index (Phi) is 6.23. The highest BCUT2D eigenvalue weighted by molar-refractivity contribution is 7.89. The molecule has 0 saturated carbocycles. The van der Waals surface area contributed by atoms with Crippen LogP contribution in [0.2, 0.25) is 10.0 Å². The molecule has 0 fully saturated rings. The van der Waals surface area contributed by atoms with E-state index in [4.69, 9.17) is 23.2 Å². The van der Waals surface area contributed by atoms with Gasteiger partial charge in [-0.05, 0) is 42.8 Å². The molecule has 2 rings (SSSR count). The number of hydrogen-bond donors (Lipinski definition) is 2. The molecule has 0 saturated heterocycles. The van der Waals surface area contributed by atoms with Gasteiger partial charge < -0.3 is 5.32 Å². The van der Waals surface area contributed by atoms with E-state index in [2.05, 4.69) is 10.0 Å². The van der Waals surface area contributed by atoms with Crippen molar-refractivity contribution in [1.29, 1.82) is 0 Å². The quantitative estimate of drug-likeness (QED) is 0.799. The second-order valence-electron chi connectivity index (χ2n) is 4.96. The number of rotatable bonds is 6. The van der Waals surface area contributed by atoms with Crippen LogP contribution in [0.15, 0.2) is 47.4 Å². The van der Waals surface area contributed by atoms with Crippen molar-refractivity contribution in [3.8, 4) is 0 Å². The zero-order valence-corrected chi connectivity index (χ0v) is 15.2. The molecule has 8 heteroatoms. The van der Waals surface area contributed by atoms with Crippen LogP contribution in [0, 0.1) is 0 Å². The SMILES string of the molecule is CCNC(=O)c1ccc(CNS(=O)(=O)c2ccc(Cl)c(Cl)c2)cc1. The Morgan fingerprint density at radius 2 is 1.71 bits per heavy atom. The van der Waals surface area contributed by atoms with Crippen molar-refractivity contribution in [2.75, 3.05) is 6.54 Å². The molecular weight excluding hydrogens is 371 g/mol. The first-order valence-electron chi connectivity index (χ1n) is 7.15. The smallest absolute Gasteiger partial charge is 0.251 e. The maximum Gasteiger partial charge on any atom is 0.251 e. The highest BCUT2D eigenvalue weighted by Crippen LogP contribution is 2.24. The second-order valence-corrected chi connectivity index (χ2v) is 7.54. The van der Waals surface area contributed by atoms with Crippen LogP contribution >= 0.6 is 23.2 Å². The van der Waals surface area contributed by atoms with Crippen molar-refractivity contribution in [1.82, 2.24) is 10.0 Å². The molecule has 0 unspecified atom stereocenters. The van der Waals surface area contributed by atoms with Crippen LogP contribution in [0.5, 0.6) is 0 Å². The van der Waals surface area contributed by atoms with E-state index in [1.165, 1.54) is 18.2 Å². The summed E-state index contributed by atoms with van der Waals surface area (Å²) in [7, 11) is -3.71. The second kappa shape index (κ2) is 7.98. The van der Waals surface area contributed by atoms with Gasteiger partial charge in [0, 0.05) is 18.7 Å². The third-order valence-electron chi connectivity index (χ3n) is 3.22. The summed E-state index contributed by atoms with van der Waals surface area (Å²) in [6.07, 6.45) is 0. The highest BCUT2D eigenvalue weighted by Gasteiger charge is 2.15. The van der Waals surface area contributed by atoms with Gasteiger partial charge in [0.05, 0.1) is 14.9 Å². The maximum atomic E-state index is 12.3. The highest BCUT2D eigenvalue weighted by atomic mass is 35.5. The number of nitrogens with one attached hydrogen (secondary N) is 2. The first-order valence-corrected chi connectivity index (χ1v) is 9.39. The lowest BCUT2D eigenvalue weighted by molar-refractivity contribution is 0.0956. The molecule has 24 heavy (non-hydrogen) atoms. The molecule has 1 amide bonds. The fraction of sp³-hybridized carbons (Fsp3) is 0.188. The van der Waals surface area contributed by atoms with Crippen molar-refractivity contribution >= 4 is 39.1 Å². The Balaban J connectivity index is 2.06. The average molecular weight is 387 g/mol. The summed E-state index contributed by atoms with van der Waals surface area (Å²) < 4.78 is 27.0. The van der Waals surface area contributed by atoms with E-state index < -0.39 is 10.0 Å². The van der Waals surface area contributed by atoms with Gasteiger partial charge in [-0.25, -0.2) is 13.1 Å². The van der Waals surface area contributed by atoms with Crippen LogP contribution in [0.4, 0.5) is 0 Å². The minimum Gasteiger partial charge on any atom is -0.352 e. The van der Waals surface area contributed by atoms with Crippen LogP contribution in [0.1, 0.15) is 22.8 Å². The van der Waals surface area contributed by atoms with Crippen molar-refractivity contribution in [3.63, 3.8) is 0 Å². The zero-order valence-electron chi connectivity index (χ0n) is 12.8. The molecule has 0 aliphatic heterocycles. The number of carbonyl (C=O) groups excluding carboxylic acids is 1. The molecule has 0 aromatic heterocycles. The Labute approximate surface area is 151 Å². The van der Waals surface area contributed by atoms with Gasteiger partial charge in [0.25, 0.3) is 5.91 Å². The monoisotopic (exact) mass is 386 g/mol. The summed E-state index contributed by atoms with van der Waals surface area (Å²) in [6, 6.07) is 10.8. The lowest BCUT2D eigenvalue weighted by Gasteiger charge is -2.08. The van der Waals surface area contributed by atoms with E-state index in [0.29, 0.717) is 12.1 Å². The van der Waals surface area contributed by atoms with Crippen LogP contribution in [-0.2, 0) is 16.6 Å². The van der Waals surface area contributed by atoms with Crippen LogP contribution in [-0.4, -0.2) is 20.9 Å². The largest absolute Gasteiger partial charge is 0.352 e. The molecule has 0 bridgehead atoms. The molecule has 5 nitrogen and oxygen atoms in total. The minimum absolute atomic E-state index is 0.0378. The van der Waals surface area contributed by atoms with Gasteiger partial charge in [0.2, 0.25) is 10.0 Å². The van der Waals surface area contributed by atoms with Crippen molar-refractivity contribution in [2.45, 2.75) is 18.4 Å². The van der Waals surface area contributed by atoms with Gasteiger partial charge in [-0.3, -0.25) is 4.79 Å². The number of sulfonamides is 1. The Morgan fingerprint density at radius 3 is 2.29 bits per heavy atom. The first kappa shape index (κ1) is 18.7. The van der Waals surface area contributed by atoms with Crippen LogP contribution in [0.3, 0.4) is 0 Å². The molecule has 0 heterocycles. The summed E-state index contributed by atoms with van der Waals surface area (Å²) in [5.41, 5.74) is 1.25. The number of carbonyl (C=O) groups is 1. The third kappa shape index (κ3) is 4.70. The van der Waals surface area contributed by atoms with Gasteiger partial charge in [0.15, 0.2) is 0 Å². The van der Waals surface area contributed by atoms with E-state index in [9.17, 15) is 13.2 Å². The molecular formula is C16H16Cl2N2O3S. The Bertz CT molecular complexity index is 837. The van der Waals surface area contributed by atoms with Gasteiger partial charge in [-0.1, -0.05) is 35.3 Å². The van der Waals surface area contributed by atoms with E-state index in [0.717, 1.165) is 5.56 Å². The molecule has 0 radical (unpaired) electrons. The van der Waals surface area contributed by atoms with Crippen molar-refractivity contribution in [3.05, 3.63) is 63.6 Å². The summed E-state index contributed by atoms with van der Waals surface area (Å²) in [5, 5.41) is 3.16. The maximum absolute atomic E-state index is 12.3. The lowest BCUT2D eigenvalue weighted by atomic mass is 10.1. The molecule has 0 aliphatic carbocycles. The van der Waals surface area contributed by atoms with Gasteiger partial charge in [-0.2, -0.15) is 0 Å². The third-order valence-corrected chi connectivity index (χ3v) is 5.36. The summed E-state index contributed by atoms with van der Waals surface area (Å²) >= 11 is 11.6. The molecule has 0 atom stereocenters. The molecule has 128 valence electrons. The zero-order chi connectivity index (χ0) is 17.7. The molecule has 2 aromatic carbocycles. The fourth-order valence-electron chi connectivity index (χ4n) is 1.94. The normalized spacial score (nSPS) is 11.3. The minimum atomic E-state index is -3.71. The Hall–Kier alpha value is -1.60. The predicted octanol–water partition coefficient (Wildman–Crippen LogP) is 3.22. The van der Waals surface area contributed by atoms with Crippen LogP contribution < -0.4 is 10.0 Å². The fourth-order valence-corrected chi connectivity index (χ4v) is 3.35. The summed E-state index contributed by atoms with van der Waals surface area (Å²) in [4.78, 5) is 11.7. The van der Waals surface area contributed by atoms with Crippen LogP contribution in [0.25, 0.3) is 0 Å². The number of hydrogen-bond acceptors (Lipinski definition) is 3. The first-order chi connectivity index (χ1) is 11.3. The molecule has 0 aliphatic rings. The van der Waals surface area contributed by atoms with E-state index in [1.54, 1.807) is 24.3 Å². The van der Waals surface area contributed by atoms with E-state index >= 15 is 0 Å². The van der Waals surface area contributed by atoms with Gasteiger partial charge in [-0.15, -0.1) is 0 Å². The standard InChI is InChI=1S/C16H16Cl2N2O3S/c1-2-19-16(21)12-5-3-11(4-6-12)10-20-24(22,23)13-7-8-14(17)15(18)9-13/h3-9,20H,2,10H2,1H3,(H,19,21). The van der Waals surface area contributed by atoms with Crippen molar-refractivity contribution < 1.29 is 13.2 Å². The Morgan fingerprint density at radius 1 is 1.04 bits per heavy atom. The van der Waals surface area contributed by atoms with E-state index in [-0.39, 0.29) is 27.4 Å². The topological polar surface area (TPSA) is 75.3 Å². The molecule has 2 N–H and O–H groups in total. The summed E-state index contributed by atoms with van der Waals surface area (Å²) in [6.45, 7) is 2.48. The summed E-state index contributed by atoms with van der Waals surface area (Å²) in [5.74, 6) is -0.166. The number of amides is 1. The van der Waals surface area contributed by atoms with Crippen molar-refractivity contribution in [2.24, 2.45) is 0 Å². The van der Waals surface area contributed by atoms with Gasteiger partial charge >= 0.3 is 0 Å². The number of halogens is 2. The molecule has 2 aromatic rings. The van der Waals surface area contributed by atoms with E-state index in [1.807, 2.05) is 6.92 Å². The lowest BCUT2D eigenvalue weighted by Crippen LogP contribution is -2.24.